The summed E-state index contributed by atoms with van der Waals surface area (Å²) in [6.45, 7) is 4.71. The molecule has 0 saturated heterocycles. The Hall–Kier alpha value is 0.799. The van der Waals surface area contributed by atoms with Crippen LogP contribution in [0.4, 0.5) is 0 Å². The van der Waals surface area contributed by atoms with E-state index in [1.165, 1.54) is 59.2 Å². The van der Waals surface area contributed by atoms with Crippen LogP contribution in [-0.4, -0.2) is 18.4 Å². The van der Waals surface area contributed by atoms with Crippen LogP contribution in [0.3, 0.4) is 0 Å². The molecule has 172 valence electrons. The van der Waals surface area contributed by atoms with E-state index in [-0.39, 0.29) is 0 Å². The van der Waals surface area contributed by atoms with Crippen LogP contribution in [0.2, 0.25) is 16.7 Å². The number of hydrogen-bond acceptors (Lipinski definition) is 0. The van der Waals surface area contributed by atoms with Gasteiger partial charge in [-0.1, -0.05) is 0 Å². The van der Waals surface area contributed by atoms with Gasteiger partial charge in [0.05, 0.1) is 0 Å². The maximum atomic E-state index is 2.36. The van der Waals surface area contributed by atoms with E-state index in [0.717, 1.165) is 0 Å². The van der Waals surface area contributed by atoms with E-state index >= 15 is 0 Å². The molecular formula is C28H56Sn. The van der Waals surface area contributed by atoms with E-state index in [9.17, 15) is 0 Å². The molecule has 29 heavy (non-hydrogen) atoms. The fourth-order valence-electron chi connectivity index (χ4n) is 7.10. The van der Waals surface area contributed by atoms with Crippen LogP contribution < -0.4 is 0 Å². The third-order valence-corrected chi connectivity index (χ3v) is 28.7. The van der Waals surface area contributed by atoms with Gasteiger partial charge < -0.3 is 0 Å². The molecule has 0 aromatic carbocycles. The van der Waals surface area contributed by atoms with Crippen LogP contribution in [-0.2, 0) is 0 Å². The van der Waals surface area contributed by atoms with Crippen molar-refractivity contribution in [2.75, 3.05) is 0 Å². The van der Waals surface area contributed by atoms with Gasteiger partial charge in [-0.05, 0) is 0 Å². The molecule has 0 N–H and O–H groups in total. The van der Waals surface area contributed by atoms with Crippen molar-refractivity contribution in [3.63, 3.8) is 0 Å². The molecule has 0 aromatic heterocycles. The van der Waals surface area contributed by atoms with Gasteiger partial charge in [0.2, 0.25) is 0 Å². The molecule has 0 aromatic rings. The van der Waals surface area contributed by atoms with Gasteiger partial charge in [-0.15, -0.1) is 0 Å². The van der Waals surface area contributed by atoms with Gasteiger partial charge in [0.1, 0.15) is 0 Å². The van der Waals surface area contributed by atoms with Crippen LogP contribution in [0.15, 0.2) is 0 Å². The van der Waals surface area contributed by atoms with Gasteiger partial charge in [-0.25, -0.2) is 0 Å². The first kappa shape index (κ1) is 26.1. The summed E-state index contributed by atoms with van der Waals surface area (Å²) in [7, 11) is 0. The Morgan fingerprint density at radius 3 is 1.17 bits per heavy atom. The van der Waals surface area contributed by atoms with Gasteiger partial charge in [0, 0.05) is 0 Å². The molecule has 0 unspecified atom stereocenters. The van der Waals surface area contributed by atoms with Crippen molar-refractivity contribution in [2.45, 2.75) is 172 Å². The van der Waals surface area contributed by atoms with Crippen molar-refractivity contribution in [2.24, 2.45) is 0 Å². The second-order valence-corrected chi connectivity index (χ2v) is 25.5. The summed E-state index contributed by atoms with van der Waals surface area (Å²) >= 11 is -2.08. The predicted octanol–water partition coefficient (Wildman–Crippen LogP) is 10.8. The monoisotopic (exact) mass is 512 g/mol. The van der Waals surface area contributed by atoms with Crippen LogP contribution >= 0.6 is 0 Å². The average molecular weight is 511 g/mol. The van der Waals surface area contributed by atoms with Crippen LogP contribution in [0.25, 0.3) is 0 Å². The number of rotatable bonds is 16. The number of hydrogen-bond donors (Lipinski definition) is 0. The van der Waals surface area contributed by atoms with E-state index in [2.05, 4.69) is 13.8 Å². The fraction of sp³-hybridized carbons (Fsp3) is 1.00. The zero-order chi connectivity index (χ0) is 20.6. The first-order valence-corrected chi connectivity index (χ1v) is 21.7. The molecule has 0 heterocycles. The van der Waals surface area contributed by atoms with Crippen molar-refractivity contribution in [3.8, 4) is 0 Å². The molecule has 0 spiro atoms. The van der Waals surface area contributed by atoms with Gasteiger partial charge in [0.15, 0.2) is 0 Å². The van der Waals surface area contributed by atoms with Gasteiger partial charge in [0.25, 0.3) is 0 Å². The van der Waals surface area contributed by atoms with Crippen LogP contribution in [0.1, 0.15) is 155 Å². The molecular weight excluding hydrogens is 455 g/mol. The molecule has 0 aliphatic heterocycles. The molecule has 2 aliphatic carbocycles. The van der Waals surface area contributed by atoms with Crippen molar-refractivity contribution in [1.82, 2.24) is 0 Å². The minimum atomic E-state index is -2.08. The SMILES string of the molecule is CCCCCCC[CH2][Sn]([CH2]CCCCCCC)([CH]1CCCCC1)[CH]1CCCCC1. The van der Waals surface area contributed by atoms with Crippen LogP contribution in [0.5, 0.6) is 0 Å². The number of unbranched alkanes of at least 4 members (excludes halogenated alkanes) is 10. The summed E-state index contributed by atoms with van der Waals surface area (Å²) in [4.78, 5) is 0. The molecule has 2 aliphatic rings. The van der Waals surface area contributed by atoms with Crippen LogP contribution in [0, 0.1) is 0 Å². The van der Waals surface area contributed by atoms with Crippen molar-refractivity contribution >= 4 is 18.4 Å². The quantitative estimate of drug-likeness (QED) is 0.143. The normalized spacial score (nSPS) is 19.7. The zero-order valence-electron chi connectivity index (χ0n) is 20.6. The maximum absolute atomic E-state index is 2.36. The topological polar surface area (TPSA) is 0 Å². The summed E-state index contributed by atoms with van der Waals surface area (Å²) in [5.41, 5.74) is 0. The fourth-order valence-corrected chi connectivity index (χ4v) is 28.5. The second kappa shape index (κ2) is 16.4. The Balaban J connectivity index is 1.98. The zero-order valence-corrected chi connectivity index (χ0v) is 23.5. The first-order valence-electron chi connectivity index (χ1n) is 14.3. The molecule has 0 radical (unpaired) electrons. The Labute approximate surface area is 189 Å². The second-order valence-electron chi connectivity index (χ2n) is 10.9. The Morgan fingerprint density at radius 1 is 0.448 bits per heavy atom. The predicted molar refractivity (Wildman–Crippen MR) is 136 cm³/mol. The Morgan fingerprint density at radius 2 is 0.793 bits per heavy atom. The summed E-state index contributed by atoms with van der Waals surface area (Å²) < 4.78 is 6.16. The Kier molecular flexibility index (Phi) is 14.8. The summed E-state index contributed by atoms with van der Waals surface area (Å²) in [5.74, 6) is 0. The molecule has 0 atom stereocenters. The third kappa shape index (κ3) is 9.44. The molecule has 0 bridgehead atoms. The van der Waals surface area contributed by atoms with Gasteiger partial charge >= 0.3 is 190 Å². The standard InChI is InChI=1S/2C8H17.2C6H11.Sn/c2*1-3-5-7-8-6-4-2;2*1-2-4-6-5-3-1;/h2*1,3-8H2,2H3;2*1H,2-6H2;. The van der Waals surface area contributed by atoms with E-state index < -0.39 is 18.4 Å². The van der Waals surface area contributed by atoms with E-state index in [1.54, 1.807) is 98.8 Å². The summed E-state index contributed by atoms with van der Waals surface area (Å²) in [6, 6.07) is 0. The van der Waals surface area contributed by atoms with Gasteiger partial charge in [-0.3, -0.25) is 0 Å². The molecule has 0 nitrogen and oxygen atoms in total. The Bertz CT molecular complexity index is 329. The van der Waals surface area contributed by atoms with Crippen molar-refractivity contribution in [1.29, 1.82) is 0 Å². The third-order valence-electron chi connectivity index (χ3n) is 8.83. The molecule has 2 saturated carbocycles. The summed E-state index contributed by atoms with van der Waals surface area (Å²) in [6.07, 6.45) is 34.3. The summed E-state index contributed by atoms with van der Waals surface area (Å²) in [5, 5.41) is 0. The van der Waals surface area contributed by atoms with Crippen molar-refractivity contribution < 1.29 is 0 Å². The molecule has 1 heteroatoms. The van der Waals surface area contributed by atoms with E-state index in [0.29, 0.717) is 0 Å². The molecule has 2 fully saturated rings. The van der Waals surface area contributed by atoms with E-state index in [1.807, 2.05) is 0 Å². The minimum absolute atomic E-state index is 1.28. The van der Waals surface area contributed by atoms with E-state index in [4.69, 9.17) is 0 Å². The molecule has 0 amide bonds. The van der Waals surface area contributed by atoms with Crippen molar-refractivity contribution in [3.05, 3.63) is 0 Å². The average Bonchev–Trinajstić information content (AvgIpc) is 2.78. The first-order chi connectivity index (χ1) is 14.3. The molecule has 2 rings (SSSR count). The van der Waals surface area contributed by atoms with Gasteiger partial charge in [-0.2, -0.15) is 0 Å².